The van der Waals surface area contributed by atoms with Gasteiger partial charge in [0.1, 0.15) is 6.29 Å². The molecule has 1 aliphatic heterocycles. The number of hydrogen-bond acceptors (Lipinski definition) is 3. The van der Waals surface area contributed by atoms with Crippen LogP contribution in [0.1, 0.15) is 36.6 Å². The van der Waals surface area contributed by atoms with Crippen molar-refractivity contribution < 1.29 is 4.79 Å². The van der Waals surface area contributed by atoms with Crippen LogP contribution in [0.25, 0.3) is 11.1 Å². The molecule has 0 saturated carbocycles. The van der Waals surface area contributed by atoms with Crippen LogP contribution in [-0.4, -0.2) is 22.2 Å². The normalized spacial score (nSPS) is 18.0. The zero-order chi connectivity index (χ0) is 15.0. The van der Waals surface area contributed by atoms with Gasteiger partial charge in [-0.1, -0.05) is 12.1 Å². The van der Waals surface area contributed by atoms with Crippen LogP contribution in [-0.2, 0) is 11.3 Å². The summed E-state index contributed by atoms with van der Waals surface area (Å²) in [6.45, 7) is 7.21. The fraction of sp³-hybridized carbons (Fsp3) is 0.333. The molecule has 1 atom stereocenters. The van der Waals surface area contributed by atoms with Crippen LogP contribution in [0.5, 0.6) is 0 Å². The van der Waals surface area contributed by atoms with Crippen molar-refractivity contribution in [3.8, 4) is 11.1 Å². The summed E-state index contributed by atoms with van der Waals surface area (Å²) in [5.74, 6) is 0. The molecule has 2 aromatic rings. The van der Waals surface area contributed by atoms with E-state index in [-0.39, 0.29) is 6.04 Å². The van der Waals surface area contributed by atoms with Gasteiger partial charge < -0.3 is 4.79 Å². The summed E-state index contributed by atoms with van der Waals surface area (Å²) < 4.78 is 0. The lowest BCUT2D eigenvalue weighted by Crippen LogP contribution is -2.30. The van der Waals surface area contributed by atoms with Crippen molar-refractivity contribution in [3.05, 3.63) is 53.3 Å². The molecule has 21 heavy (non-hydrogen) atoms. The molecule has 1 unspecified atom stereocenters. The third kappa shape index (κ3) is 2.38. The number of aromatic nitrogens is 1. The highest BCUT2D eigenvalue weighted by Gasteiger charge is 2.33. The monoisotopic (exact) mass is 280 g/mol. The zero-order valence-electron chi connectivity index (χ0n) is 12.7. The summed E-state index contributed by atoms with van der Waals surface area (Å²) in [6, 6.07) is 8.64. The Hall–Kier alpha value is -2.00. The Morgan fingerprint density at radius 1 is 1.33 bits per heavy atom. The van der Waals surface area contributed by atoms with E-state index in [2.05, 4.69) is 48.9 Å². The summed E-state index contributed by atoms with van der Waals surface area (Å²) in [7, 11) is 0. The highest BCUT2D eigenvalue weighted by atomic mass is 16.1. The van der Waals surface area contributed by atoms with Crippen LogP contribution in [0.4, 0.5) is 0 Å². The molecular formula is C18H20N2O. The van der Waals surface area contributed by atoms with Gasteiger partial charge in [0, 0.05) is 30.5 Å². The van der Waals surface area contributed by atoms with Crippen molar-refractivity contribution >= 4 is 6.29 Å². The van der Waals surface area contributed by atoms with Gasteiger partial charge in [0.15, 0.2) is 0 Å². The van der Waals surface area contributed by atoms with Crippen molar-refractivity contribution in [1.82, 2.24) is 9.88 Å². The number of aryl methyl sites for hydroxylation is 1. The summed E-state index contributed by atoms with van der Waals surface area (Å²) in [6.07, 6.45) is 4.74. The topological polar surface area (TPSA) is 33.2 Å². The molecule has 0 fully saturated rings. The first-order valence-electron chi connectivity index (χ1n) is 7.36. The van der Waals surface area contributed by atoms with Gasteiger partial charge in [0.2, 0.25) is 0 Å². The van der Waals surface area contributed by atoms with Gasteiger partial charge in [-0.2, -0.15) is 0 Å². The lowest BCUT2D eigenvalue weighted by atomic mass is 9.94. The fourth-order valence-corrected chi connectivity index (χ4v) is 3.24. The molecule has 3 heteroatoms. The molecular weight excluding hydrogens is 260 g/mol. The minimum atomic E-state index is -0.108. The molecule has 0 bridgehead atoms. The average molecular weight is 280 g/mol. The number of hydrogen-bond donors (Lipinski definition) is 0. The molecule has 1 aliphatic rings. The third-order valence-electron chi connectivity index (χ3n) is 4.27. The highest BCUT2D eigenvalue weighted by molar-refractivity contribution is 5.71. The average Bonchev–Trinajstić information content (AvgIpc) is 2.87. The first kappa shape index (κ1) is 14.0. The minimum Gasteiger partial charge on any atom is -0.301 e. The summed E-state index contributed by atoms with van der Waals surface area (Å²) in [4.78, 5) is 18.0. The molecule has 0 saturated heterocycles. The van der Waals surface area contributed by atoms with Gasteiger partial charge in [0.05, 0.1) is 6.04 Å². The first-order valence-corrected chi connectivity index (χ1v) is 7.36. The van der Waals surface area contributed by atoms with Gasteiger partial charge >= 0.3 is 0 Å². The largest absolute Gasteiger partial charge is 0.301 e. The number of rotatable bonds is 3. The van der Waals surface area contributed by atoms with Gasteiger partial charge in [-0.25, -0.2) is 0 Å². The van der Waals surface area contributed by atoms with Crippen LogP contribution in [0, 0.1) is 6.92 Å². The SMILES string of the molecule is Cc1cc(-c2cccnc2)cc2c1C(C=O)N(C(C)C)C2. The Kier molecular flexibility index (Phi) is 3.60. The van der Waals surface area contributed by atoms with Gasteiger partial charge in [0.25, 0.3) is 0 Å². The van der Waals surface area contributed by atoms with E-state index in [0.29, 0.717) is 6.04 Å². The number of fused-ring (bicyclic) bond motifs is 1. The summed E-state index contributed by atoms with van der Waals surface area (Å²) >= 11 is 0. The highest BCUT2D eigenvalue weighted by Crippen LogP contribution is 2.38. The van der Waals surface area contributed by atoms with Crippen LogP contribution < -0.4 is 0 Å². The molecule has 0 amide bonds. The standard InChI is InChI=1S/C18H20N2O/c1-12(2)20-10-16-8-15(14-5-4-6-19-9-14)7-13(3)18(16)17(20)11-21/h4-9,11-12,17H,10H2,1-3H3. The Balaban J connectivity index is 2.09. The van der Waals surface area contributed by atoms with Gasteiger partial charge in [-0.3, -0.25) is 9.88 Å². The molecule has 3 rings (SSSR count). The molecule has 1 aromatic heterocycles. The number of nitrogens with zero attached hydrogens (tertiary/aromatic N) is 2. The number of carbonyl (C=O) groups is 1. The van der Waals surface area contributed by atoms with Crippen molar-refractivity contribution in [2.75, 3.05) is 0 Å². The molecule has 0 N–H and O–H groups in total. The maximum atomic E-state index is 11.5. The number of carbonyl (C=O) groups excluding carboxylic acids is 1. The first-order chi connectivity index (χ1) is 10.1. The number of pyridine rings is 1. The Morgan fingerprint density at radius 3 is 2.76 bits per heavy atom. The summed E-state index contributed by atoms with van der Waals surface area (Å²) in [5.41, 5.74) is 5.93. The van der Waals surface area contributed by atoms with E-state index in [1.165, 1.54) is 22.3 Å². The second-order valence-electron chi connectivity index (χ2n) is 5.95. The zero-order valence-corrected chi connectivity index (χ0v) is 12.7. The smallest absolute Gasteiger partial charge is 0.141 e. The van der Waals surface area contributed by atoms with Crippen molar-refractivity contribution in [3.63, 3.8) is 0 Å². The van der Waals surface area contributed by atoms with Crippen molar-refractivity contribution in [2.45, 2.75) is 39.4 Å². The second kappa shape index (κ2) is 5.41. The van der Waals surface area contributed by atoms with E-state index in [4.69, 9.17) is 0 Å². The number of benzene rings is 1. The minimum absolute atomic E-state index is 0.108. The molecule has 0 radical (unpaired) electrons. The van der Waals surface area contributed by atoms with E-state index < -0.39 is 0 Å². The lowest BCUT2D eigenvalue weighted by Gasteiger charge is -2.25. The van der Waals surface area contributed by atoms with E-state index in [0.717, 1.165) is 18.4 Å². The number of aldehydes is 1. The predicted octanol–water partition coefficient (Wildman–Crippen LogP) is 3.52. The van der Waals surface area contributed by atoms with Crippen LogP contribution in [0.3, 0.4) is 0 Å². The van der Waals surface area contributed by atoms with E-state index >= 15 is 0 Å². The Labute approximate surface area is 125 Å². The lowest BCUT2D eigenvalue weighted by molar-refractivity contribution is -0.112. The van der Waals surface area contributed by atoms with E-state index in [1.54, 1.807) is 6.20 Å². The second-order valence-corrected chi connectivity index (χ2v) is 5.95. The molecule has 0 aliphatic carbocycles. The van der Waals surface area contributed by atoms with Crippen LogP contribution in [0.2, 0.25) is 0 Å². The van der Waals surface area contributed by atoms with E-state index in [9.17, 15) is 4.79 Å². The van der Waals surface area contributed by atoms with Gasteiger partial charge in [-0.15, -0.1) is 0 Å². The fourth-order valence-electron chi connectivity index (χ4n) is 3.24. The van der Waals surface area contributed by atoms with Crippen LogP contribution in [0.15, 0.2) is 36.7 Å². The van der Waals surface area contributed by atoms with Gasteiger partial charge in [-0.05, 0) is 55.2 Å². The van der Waals surface area contributed by atoms with Crippen molar-refractivity contribution in [1.29, 1.82) is 0 Å². The molecule has 108 valence electrons. The quantitative estimate of drug-likeness (QED) is 0.807. The maximum Gasteiger partial charge on any atom is 0.141 e. The van der Waals surface area contributed by atoms with E-state index in [1.807, 2.05) is 12.3 Å². The van der Waals surface area contributed by atoms with Crippen molar-refractivity contribution in [2.24, 2.45) is 0 Å². The van der Waals surface area contributed by atoms with Crippen LogP contribution >= 0.6 is 0 Å². The molecule has 3 nitrogen and oxygen atoms in total. The predicted molar refractivity (Wildman–Crippen MR) is 83.9 cm³/mol. The summed E-state index contributed by atoms with van der Waals surface area (Å²) in [5, 5.41) is 0. The molecule has 0 spiro atoms. The maximum absolute atomic E-state index is 11.5. The Bertz CT molecular complexity index is 664. The molecule has 2 heterocycles. The third-order valence-corrected chi connectivity index (χ3v) is 4.27. The Morgan fingerprint density at radius 2 is 2.14 bits per heavy atom. The molecule has 1 aromatic carbocycles.